The van der Waals surface area contributed by atoms with E-state index in [9.17, 15) is 4.79 Å². The lowest BCUT2D eigenvalue weighted by Crippen LogP contribution is -2.32. The predicted molar refractivity (Wildman–Crippen MR) is 67.9 cm³/mol. The van der Waals surface area contributed by atoms with Crippen LogP contribution in [0.25, 0.3) is 0 Å². The Morgan fingerprint density at radius 1 is 1.71 bits per heavy atom. The summed E-state index contributed by atoms with van der Waals surface area (Å²) in [6, 6.07) is 0.122. The normalized spacial score (nSPS) is 18.1. The number of nitrogens with two attached hydrogens (primary N) is 1. The van der Waals surface area contributed by atoms with E-state index in [0.717, 1.165) is 19.3 Å². The molecule has 0 fully saturated rings. The molecule has 0 spiro atoms. The van der Waals surface area contributed by atoms with E-state index in [-0.39, 0.29) is 24.4 Å². The van der Waals surface area contributed by atoms with Crippen molar-refractivity contribution in [3.05, 3.63) is 17.5 Å². The number of amides is 1. The van der Waals surface area contributed by atoms with Gasteiger partial charge in [-0.15, -0.1) is 12.4 Å². The van der Waals surface area contributed by atoms with Crippen LogP contribution in [0.3, 0.4) is 0 Å². The van der Waals surface area contributed by atoms with Gasteiger partial charge in [-0.05, 0) is 19.3 Å². The maximum atomic E-state index is 11.5. The number of hydrogen-bond acceptors (Lipinski definition) is 3. The van der Waals surface area contributed by atoms with E-state index in [2.05, 4.69) is 10.4 Å². The molecule has 1 atom stereocenters. The minimum Gasteiger partial charge on any atom is -0.349 e. The second-order valence-electron chi connectivity index (χ2n) is 4.22. The van der Waals surface area contributed by atoms with Crippen LogP contribution in [-0.4, -0.2) is 22.2 Å². The molecule has 1 aliphatic rings. The monoisotopic (exact) mass is 258 g/mol. The third-order valence-electron chi connectivity index (χ3n) is 3.08. The van der Waals surface area contributed by atoms with Gasteiger partial charge >= 0.3 is 0 Å². The highest BCUT2D eigenvalue weighted by Crippen LogP contribution is 2.28. The molecule has 6 heteroatoms. The van der Waals surface area contributed by atoms with Gasteiger partial charge < -0.3 is 11.1 Å². The summed E-state index contributed by atoms with van der Waals surface area (Å²) < 4.78 is 1.90. The van der Waals surface area contributed by atoms with Crippen LogP contribution in [-0.2, 0) is 18.3 Å². The lowest BCUT2D eigenvalue weighted by Gasteiger charge is -2.23. The number of nitrogens with zero attached hydrogens (tertiary/aromatic N) is 2. The summed E-state index contributed by atoms with van der Waals surface area (Å²) in [5, 5.41) is 7.26. The largest absolute Gasteiger partial charge is 0.349 e. The molecule has 1 aromatic rings. The van der Waals surface area contributed by atoms with E-state index in [4.69, 9.17) is 5.73 Å². The van der Waals surface area contributed by atoms with Crippen molar-refractivity contribution >= 4 is 18.3 Å². The van der Waals surface area contributed by atoms with Gasteiger partial charge in [0.05, 0.1) is 12.2 Å². The van der Waals surface area contributed by atoms with Crippen molar-refractivity contribution in [1.82, 2.24) is 15.1 Å². The Morgan fingerprint density at radius 2 is 2.47 bits per heavy atom. The molecular formula is C11H19ClN4O. The van der Waals surface area contributed by atoms with E-state index in [0.29, 0.717) is 13.0 Å². The predicted octanol–water partition coefficient (Wildman–Crippen LogP) is 0.684. The summed E-state index contributed by atoms with van der Waals surface area (Å²) >= 11 is 0. The van der Waals surface area contributed by atoms with Crippen molar-refractivity contribution < 1.29 is 4.79 Å². The van der Waals surface area contributed by atoms with Gasteiger partial charge in [-0.1, -0.05) is 0 Å². The first kappa shape index (κ1) is 14.0. The molecule has 0 saturated carbocycles. The van der Waals surface area contributed by atoms with E-state index < -0.39 is 0 Å². The lowest BCUT2D eigenvalue weighted by molar-refractivity contribution is -0.121. The number of carbonyl (C=O) groups excluding carboxylic acids is 1. The summed E-state index contributed by atoms with van der Waals surface area (Å²) in [7, 11) is 1.95. The molecule has 0 radical (unpaired) electrons. The molecule has 3 N–H and O–H groups in total. The second kappa shape index (κ2) is 6.02. The quantitative estimate of drug-likeness (QED) is 0.838. The zero-order chi connectivity index (χ0) is 11.5. The van der Waals surface area contributed by atoms with Crippen LogP contribution in [0.2, 0.25) is 0 Å². The molecule has 96 valence electrons. The zero-order valence-electron chi connectivity index (χ0n) is 9.98. The number of halogens is 1. The average Bonchev–Trinajstić information content (AvgIpc) is 2.62. The van der Waals surface area contributed by atoms with E-state index >= 15 is 0 Å². The van der Waals surface area contributed by atoms with Gasteiger partial charge in [0.25, 0.3) is 0 Å². The Hall–Kier alpha value is -1.07. The van der Waals surface area contributed by atoms with Crippen LogP contribution in [0.5, 0.6) is 0 Å². The Morgan fingerprint density at radius 3 is 3.18 bits per heavy atom. The summed E-state index contributed by atoms with van der Waals surface area (Å²) in [6.45, 7) is 0.401. The molecule has 0 bridgehead atoms. The Balaban J connectivity index is 0.00000144. The highest BCUT2D eigenvalue weighted by atomic mass is 35.5. The van der Waals surface area contributed by atoms with Crippen molar-refractivity contribution in [3.8, 4) is 0 Å². The number of carbonyl (C=O) groups is 1. The van der Waals surface area contributed by atoms with E-state index in [1.165, 1.54) is 11.3 Å². The second-order valence-corrected chi connectivity index (χ2v) is 4.22. The lowest BCUT2D eigenvalue weighted by atomic mass is 9.93. The van der Waals surface area contributed by atoms with Crippen molar-refractivity contribution in [2.24, 2.45) is 12.8 Å². The maximum Gasteiger partial charge on any atom is 0.221 e. The van der Waals surface area contributed by atoms with Crippen LogP contribution >= 0.6 is 12.4 Å². The minimum absolute atomic E-state index is 0. The van der Waals surface area contributed by atoms with E-state index in [1.807, 2.05) is 17.9 Å². The fourth-order valence-electron chi connectivity index (χ4n) is 2.25. The number of nitrogens with one attached hydrogen (secondary N) is 1. The summed E-state index contributed by atoms with van der Waals surface area (Å²) in [4.78, 5) is 11.5. The first-order chi connectivity index (χ1) is 7.72. The van der Waals surface area contributed by atoms with Gasteiger partial charge in [-0.25, -0.2) is 0 Å². The van der Waals surface area contributed by atoms with Crippen LogP contribution < -0.4 is 11.1 Å². The summed E-state index contributed by atoms with van der Waals surface area (Å²) in [6.07, 6.45) is 5.40. The maximum absolute atomic E-state index is 11.5. The van der Waals surface area contributed by atoms with Gasteiger partial charge in [0.2, 0.25) is 5.91 Å². The first-order valence-electron chi connectivity index (χ1n) is 5.72. The smallest absolute Gasteiger partial charge is 0.221 e. The van der Waals surface area contributed by atoms with Crippen molar-refractivity contribution in [2.45, 2.75) is 31.7 Å². The van der Waals surface area contributed by atoms with Crippen LogP contribution in [0.1, 0.15) is 36.6 Å². The molecule has 5 nitrogen and oxygen atoms in total. The van der Waals surface area contributed by atoms with Gasteiger partial charge in [-0.2, -0.15) is 5.10 Å². The molecule has 1 aromatic heterocycles. The molecule has 1 heterocycles. The first-order valence-corrected chi connectivity index (χ1v) is 5.72. The fraction of sp³-hybridized carbons (Fsp3) is 0.636. The third kappa shape index (κ3) is 2.98. The molecule has 1 amide bonds. The van der Waals surface area contributed by atoms with Gasteiger partial charge in [0, 0.05) is 31.3 Å². The number of aromatic nitrogens is 2. The number of aryl methyl sites for hydroxylation is 1. The van der Waals surface area contributed by atoms with Crippen molar-refractivity contribution in [3.63, 3.8) is 0 Å². The highest BCUT2D eigenvalue weighted by Gasteiger charge is 2.24. The van der Waals surface area contributed by atoms with Gasteiger partial charge in [0.15, 0.2) is 0 Å². The fourth-order valence-corrected chi connectivity index (χ4v) is 2.25. The molecule has 0 saturated heterocycles. The molecule has 0 aliphatic heterocycles. The summed E-state index contributed by atoms with van der Waals surface area (Å²) in [5.74, 6) is 0.0317. The SMILES string of the molecule is Cl.Cn1ncc2c1CCCC2NC(=O)CCN. The molecule has 17 heavy (non-hydrogen) atoms. The Labute approximate surface area is 107 Å². The van der Waals surface area contributed by atoms with Crippen molar-refractivity contribution in [2.75, 3.05) is 6.54 Å². The third-order valence-corrected chi connectivity index (χ3v) is 3.08. The Bertz CT molecular complexity index is 391. The molecule has 0 aromatic carbocycles. The highest BCUT2D eigenvalue weighted by molar-refractivity contribution is 5.85. The number of fused-ring (bicyclic) bond motifs is 1. The van der Waals surface area contributed by atoms with Crippen molar-refractivity contribution in [1.29, 1.82) is 0 Å². The standard InChI is InChI=1S/C11H18N4O.ClH/c1-15-10-4-2-3-9(8(10)7-13-15)14-11(16)5-6-12;/h7,9H,2-6,12H2,1H3,(H,14,16);1H. The Kier molecular flexibility index (Phi) is 4.96. The number of hydrogen-bond donors (Lipinski definition) is 2. The van der Waals surface area contributed by atoms with E-state index in [1.54, 1.807) is 0 Å². The minimum atomic E-state index is 0. The topological polar surface area (TPSA) is 72.9 Å². The number of rotatable bonds is 3. The van der Waals surface area contributed by atoms with Crippen LogP contribution in [0.4, 0.5) is 0 Å². The molecule has 2 rings (SSSR count). The summed E-state index contributed by atoms with van der Waals surface area (Å²) in [5.41, 5.74) is 7.76. The molecular weight excluding hydrogens is 240 g/mol. The zero-order valence-corrected chi connectivity index (χ0v) is 10.8. The molecule has 1 unspecified atom stereocenters. The van der Waals surface area contributed by atoms with Gasteiger partial charge in [-0.3, -0.25) is 9.48 Å². The van der Waals surface area contributed by atoms with Crippen LogP contribution in [0.15, 0.2) is 6.20 Å². The van der Waals surface area contributed by atoms with Crippen LogP contribution in [0, 0.1) is 0 Å². The molecule has 1 aliphatic carbocycles. The average molecular weight is 259 g/mol. The van der Waals surface area contributed by atoms with Gasteiger partial charge in [0.1, 0.15) is 0 Å².